The van der Waals surface area contributed by atoms with Crippen LogP contribution in [-0.2, 0) is 4.79 Å². The average molecular weight is 356 g/mol. The van der Waals surface area contributed by atoms with Gasteiger partial charge in [-0.15, -0.1) is 0 Å². The molecule has 1 amide bonds. The molecule has 1 saturated carbocycles. The summed E-state index contributed by atoms with van der Waals surface area (Å²) in [6.45, 7) is 5.21. The maximum absolute atomic E-state index is 12.7. The first kappa shape index (κ1) is 18.5. The summed E-state index contributed by atoms with van der Waals surface area (Å²) in [7, 11) is 0. The maximum atomic E-state index is 12.7. The second kappa shape index (κ2) is 7.96. The zero-order valence-corrected chi connectivity index (χ0v) is 15.4. The Morgan fingerprint density at radius 2 is 1.77 bits per heavy atom. The number of anilines is 1. The van der Waals surface area contributed by atoms with E-state index >= 15 is 0 Å². The van der Waals surface area contributed by atoms with E-state index in [1.165, 1.54) is 0 Å². The molecule has 0 spiro atoms. The van der Waals surface area contributed by atoms with Crippen molar-refractivity contribution in [3.05, 3.63) is 24.3 Å². The molecule has 2 aliphatic rings. The van der Waals surface area contributed by atoms with Crippen LogP contribution in [0.3, 0.4) is 0 Å². The molecule has 0 bridgehead atoms. The molecule has 1 aromatic rings. The predicted molar refractivity (Wildman–Crippen MR) is 101 cm³/mol. The number of carbonyl (C=O) groups excluding carboxylic acids is 1. The molecule has 1 aromatic carbocycles. The summed E-state index contributed by atoms with van der Waals surface area (Å²) in [6, 6.07) is 9.36. The average Bonchev–Trinajstić information content (AvgIpc) is 2.69. The molecule has 26 heavy (non-hydrogen) atoms. The van der Waals surface area contributed by atoms with E-state index < -0.39 is 5.54 Å². The van der Waals surface area contributed by atoms with E-state index in [1.807, 2.05) is 19.1 Å². The number of hydrogen-bond acceptors (Lipinski definition) is 5. The third kappa shape index (κ3) is 4.10. The molecule has 1 saturated heterocycles. The van der Waals surface area contributed by atoms with Crippen molar-refractivity contribution in [2.75, 3.05) is 31.1 Å². The highest BCUT2D eigenvalue weighted by atomic mass is 16.3. The molecule has 1 heterocycles. The summed E-state index contributed by atoms with van der Waals surface area (Å²) in [4.78, 5) is 17.2. The number of phenolic OH excluding ortho intramolecular Hbond substituents is 1. The lowest BCUT2D eigenvalue weighted by Gasteiger charge is -2.40. The van der Waals surface area contributed by atoms with Gasteiger partial charge in [0.15, 0.2) is 0 Å². The highest BCUT2D eigenvalue weighted by molar-refractivity contribution is 5.82. The molecular weight excluding hydrogens is 328 g/mol. The topological polar surface area (TPSA) is 79.6 Å². The number of carbonyl (C=O) groups is 1. The van der Waals surface area contributed by atoms with E-state index in [2.05, 4.69) is 21.2 Å². The molecule has 2 fully saturated rings. The van der Waals surface area contributed by atoms with Crippen LogP contribution in [0.4, 0.5) is 5.69 Å². The summed E-state index contributed by atoms with van der Waals surface area (Å²) in [5, 5.41) is 22.0. The third-order valence-corrected chi connectivity index (χ3v) is 5.74. The Balaban J connectivity index is 1.54. The van der Waals surface area contributed by atoms with Gasteiger partial charge in [0, 0.05) is 31.9 Å². The number of aromatic hydroxyl groups is 1. The van der Waals surface area contributed by atoms with Gasteiger partial charge in [0.05, 0.1) is 12.1 Å². The minimum atomic E-state index is -0.669. The van der Waals surface area contributed by atoms with Gasteiger partial charge in [-0.05, 0) is 44.0 Å². The van der Waals surface area contributed by atoms with Crippen LogP contribution in [-0.4, -0.2) is 53.7 Å². The molecule has 0 aromatic heterocycles. The van der Waals surface area contributed by atoms with Gasteiger partial charge in [-0.25, -0.2) is 0 Å². The lowest BCUT2D eigenvalue weighted by atomic mass is 9.82. The summed E-state index contributed by atoms with van der Waals surface area (Å²) >= 11 is 0. The molecule has 0 radical (unpaired) electrons. The highest BCUT2D eigenvalue weighted by Gasteiger charge is 2.36. The number of rotatable bonds is 4. The second-order valence-corrected chi connectivity index (χ2v) is 7.46. The summed E-state index contributed by atoms with van der Waals surface area (Å²) in [6.07, 6.45) is 4.68. The first-order valence-corrected chi connectivity index (χ1v) is 9.54. The minimum absolute atomic E-state index is 0.0356. The molecule has 6 heteroatoms. The largest absolute Gasteiger partial charge is 0.508 e. The van der Waals surface area contributed by atoms with E-state index in [9.17, 15) is 15.2 Å². The lowest BCUT2D eigenvalue weighted by Crippen LogP contribution is -2.58. The Morgan fingerprint density at radius 3 is 2.35 bits per heavy atom. The Labute approximate surface area is 155 Å². The normalized spacial score (nSPS) is 21.6. The molecule has 1 aliphatic heterocycles. The number of nitrogens with zero attached hydrogens (tertiary/aromatic N) is 3. The van der Waals surface area contributed by atoms with Crippen molar-refractivity contribution in [2.24, 2.45) is 0 Å². The van der Waals surface area contributed by atoms with Crippen LogP contribution in [0.5, 0.6) is 5.75 Å². The van der Waals surface area contributed by atoms with Gasteiger partial charge in [0.1, 0.15) is 11.3 Å². The molecule has 2 N–H and O–H groups in total. The van der Waals surface area contributed by atoms with Crippen LogP contribution in [0.25, 0.3) is 0 Å². The van der Waals surface area contributed by atoms with Crippen LogP contribution in [0, 0.1) is 11.3 Å². The Hall–Kier alpha value is -2.26. The van der Waals surface area contributed by atoms with Crippen molar-refractivity contribution in [1.82, 2.24) is 10.2 Å². The number of hydrogen-bond donors (Lipinski definition) is 2. The highest BCUT2D eigenvalue weighted by Crippen LogP contribution is 2.28. The maximum Gasteiger partial charge on any atom is 0.238 e. The Bertz CT molecular complexity index is 653. The van der Waals surface area contributed by atoms with Crippen molar-refractivity contribution in [1.29, 1.82) is 5.26 Å². The summed E-state index contributed by atoms with van der Waals surface area (Å²) < 4.78 is 0. The van der Waals surface area contributed by atoms with Gasteiger partial charge < -0.3 is 15.3 Å². The van der Waals surface area contributed by atoms with E-state index in [0.29, 0.717) is 0 Å². The van der Waals surface area contributed by atoms with E-state index in [1.54, 1.807) is 12.1 Å². The zero-order valence-electron chi connectivity index (χ0n) is 15.4. The van der Waals surface area contributed by atoms with Crippen LogP contribution in [0.1, 0.15) is 39.0 Å². The van der Waals surface area contributed by atoms with Gasteiger partial charge in [0.2, 0.25) is 5.91 Å². The predicted octanol–water partition coefficient (Wildman–Crippen LogP) is 2.25. The van der Waals surface area contributed by atoms with Crippen molar-refractivity contribution in [3.8, 4) is 11.8 Å². The van der Waals surface area contributed by atoms with Crippen LogP contribution in [0.15, 0.2) is 24.3 Å². The van der Waals surface area contributed by atoms with Crippen molar-refractivity contribution < 1.29 is 9.90 Å². The standard InChI is InChI=1S/C20H28N4O2/c1-16(19(26)22-20(15-21)9-3-2-4-10-20)23-11-13-24(14-12-23)17-5-7-18(25)8-6-17/h5-8,16,25H,2-4,9-14H2,1H3,(H,22,26). The van der Waals surface area contributed by atoms with E-state index in [0.717, 1.165) is 64.0 Å². The molecule has 1 atom stereocenters. The fraction of sp³-hybridized carbons (Fsp3) is 0.600. The van der Waals surface area contributed by atoms with Crippen molar-refractivity contribution in [3.63, 3.8) is 0 Å². The van der Waals surface area contributed by atoms with Crippen LogP contribution in [0.2, 0.25) is 0 Å². The zero-order chi connectivity index (χ0) is 18.6. The molecule has 6 nitrogen and oxygen atoms in total. The monoisotopic (exact) mass is 356 g/mol. The first-order chi connectivity index (χ1) is 12.5. The molecule has 1 unspecified atom stereocenters. The summed E-state index contributed by atoms with van der Waals surface area (Å²) in [5.41, 5.74) is 0.419. The van der Waals surface area contributed by atoms with Crippen LogP contribution < -0.4 is 10.2 Å². The van der Waals surface area contributed by atoms with E-state index in [-0.39, 0.29) is 17.7 Å². The third-order valence-electron chi connectivity index (χ3n) is 5.74. The minimum Gasteiger partial charge on any atom is -0.508 e. The molecular formula is C20H28N4O2. The van der Waals surface area contributed by atoms with Gasteiger partial charge in [-0.3, -0.25) is 9.69 Å². The number of benzene rings is 1. The number of amides is 1. The second-order valence-electron chi connectivity index (χ2n) is 7.46. The molecule has 3 rings (SSSR count). The fourth-order valence-corrected chi connectivity index (χ4v) is 3.96. The SMILES string of the molecule is CC(C(=O)NC1(C#N)CCCCC1)N1CCN(c2ccc(O)cc2)CC1. The van der Waals surface area contributed by atoms with Gasteiger partial charge in [-0.2, -0.15) is 5.26 Å². The fourth-order valence-electron chi connectivity index (χ4n) is 3.96. The molecule has 1 aliphatic carbocycles. The van der Waals surface area contributed by atoms with Crippen LogP contribution >= 0.6 is 0 Å². The van der Waals surface area contributed by atoms with Gasteiger partial charge >= 0.3 is 0 Å². The van der Waals surface area contributed by atoms with Crippen molar-refractivity contribution in [2.45, 2.75) is 50.6 Å². The molecule has 140 valence electrons. The number of nitriles is 1. The van der Waals surface area contributed by atoms with Crippen molar-refractivity contribution >= 4 is 11.6 Å². The number of phenols is 1. The first-order valence-electron chi connectivity index (χ1n) is 9.54. The number of piperazine rings is 1. The lowest BCUT2D eigenvalue weighted by molar-refractivity contribution is -0.127. The smallest absolute Gasteiger partial charge is 0.238 e. The quantitative estimate of drug-likeness (QED) is 0.865. The Morgan fingerprint density at radius 1 is 1.15 bits per heavy atom. The van der Waals surface area contributed by atoms with E-state index in [4.69, 9.17) is 0 Å². The summed E-state index contributed by atoms with van der Waals surface area (Å²) in [5.74, 6) is 0.235. The van der Waals surface area contributed by atoms with Gasteiger partial charge in [-0.1, -0.05) is 19.3 Å². The van der Waals surface area contributed by atoms with Gasteiger partial charge in [0.25, 0.3) is 0 Å². The Kier molecular flexibility index (Phi) is 5.67. The number of nitrogens with one attached hydrogen (secondary N) is 1.